The molecule has 0 spiro atoms. The fraction of sp³-hybridized carbons (Fsp3) is 0.444. The summed E-state index contributed by atoms with van der Waals surface area (Å²) in [5, 5.41) is 18.7. The number of carbonyl (C=O) groups excluding carboxylic acids is 1. The maximum absolute atomic E-state index is 12.3. The number of amides is 1. The van der Waals surface area contributed by atoms with Gasteiger partial charge < -0.3 is 15.2 Å². The van der Waals surface area contributed by atoms with Crippen LogP contribution in [-0.4, -0.2) is 34.4 Å². The van der Waals surface area contributed by atoms with Gasteiger partial charge in [-0.2, -0.15) is 5.10 Å². The van der Waals surface area contributed by atoms with Crippen LogP contribution in [0.2, 0.25) is 0 Å². The SMILES string of the molecule is O=C(Nc1ccc(OCCO)cc1)c1cc(C2CCCCC2)[nH]n1. The van der Waals surface area contributed by atoms with Gasteiger partial charge in [0.05, 0.1) is 6.61 Å². The summed E-state index contributed by atoms with van der Waals surface area (Å²) in [6, 6.07) is 8.90. The Morgan fingerprint density at radius 1 is 1.25 bits per heavy atom. The van der Waals surface area contributed by atoms with Gasteiger partial charge in [0.2, 0.25) is 0 Å². The smallest absolute Gasteiger partial charge is 0.276 e. The van der Waals surface area contributed by atoms with Crippen molar-refractivity contribution in [3.63, 3.8) is 0 Å². The number of aliphatic hydroxyl groups excluding tert-OH is 1. The van der Waals surface area contributed by atoms with Crippen molar-refractivity contribution in [1.82, 2.24) is 10.2 Å². The zero-order chi connectivity index (χ0) is 16.8. The molecule has 1 fully saturated rings. The van der Waals surface area contributed by atoms with Crippen molar-refractivity contribution in [3.8, 4) is 5.75 Å². The van der Waals surface area contributed by atoms with E-state index in [1.807, 2.05) is 6.07 Å². The maximum Gasteiger partial charge on any atom is 0.276 e. The summed E-state index contributed by atoms with van der Waals surface area (Å²) < 4.78 is 5.29. The van der Waals surface area contributed by atoms with Gasteiger partial charge in [-0.15, -0.1) is 0 Å². The molecule has 1 aliphatic rings. The number of hydrogen-bond donors (Lipinski definition) is 3. The second kappa shape index (κ2) is 7.97. The molecule has 0 atom stereocenters. The number of aromatic nitrogens is 2. The summed E-state index contributed by atoms with van der Waals surface area (Å²) in [6.45, 7) is 0.226. The summed E-state index contributed by atoms with van der Waals surface area (Å²) in [4.78, 5) is 12.3. The summed E-state index contributed by atoms with van der Waals surface area (Å²) in [5.74, 6) is 0.925. The van der Waals surface area contributed by atoms with E-state index in [1.165, 1.54) is 32.1 Å². The van der Waals surface area contributed by atoms with E-state index in [0.717, 1.165) is 5.69 Å². The normalized spacial score (nSPS) is 15.2. The average molecular weight is 329 g/mol. The number of nitrogens with zero attached hydrogens (tertiary/aromatic N) is 1. The number of hydrogen-bond acceptors (Lipinski definition) is 4. The van der Waals surface area contributed by atoms with Gasteiger partial charge in [0.15, 0.2) is 5.69 Å². The quantitative estimate of drug-likeness (QED) is 0.760. The Kier molecular flexibility index (Phi) is 5.48. The van der Waals surface area contributed by atoms with Crippen LogP contribution in [0.25, 0.3) is 0 Å². The van der Waals surface area contributed by atoms with Crippen LogP contribution >= 0.6 is 0 Å². The molecular weight excluding hydrogens is 306 g/mol. The van der Waals surface area contributed by atoms with Crippen molar-refractivity contribution in [2.45, 2.75) is 38.0 Å². The largest absolute Gasteiger partial charge is 0.491 e. The van der Waals surface area contributed by atoms with Crippen LogP contribution in [0.4, 0.5) is 5.69 Å². The molecule has 2 aromatic rings. The number of carbonyl (C=O) groups is 1. The number of ether oxygens (including phenoxy) is 1. The predicted octanol–water partition coefficient (Wildman–Crippen LogP) is 3.08. The van der Waals surface area contributed by atoms with Crippen molar-refractivity contribution in [1.29, 1.82) is 0 Å². The summed E-state index contributed by atoms with van der Waals surface area (Å²) >= 11 is 0. The molecule has 0 bridgehead atoms. The molecule has 1 saturated carbocycles. The van der Waals surface area contributed by atoms with E-state index in [-0.39, 0.29) is 19.1 Å². The first-order valence-corrected chi connectivity index (χ1v) is 8.46. The lowest BCUT2D eigenvalue weighted by Gasteiger charge is -2.19. The Labute approximate surface area is 141 Å². The van der Waals surface area contributed by atoms with Gasteiger partial charge in [0.25, 0.3) is 5.91 Å². The minimum atomic E-state index is -0.225. The first-order chi connectivity index (χ1) is 11.8. The van der Waals surface area contributed by atoms with E-state index >= 15 is 0 Å². The number of anilines is 1. The van der Waals surface area contributed by atoms with E-state index in [0.29, 0.717) is 23.0 Å². The van der Waals surface area contributed by atoms with Gasteiger partial charge >= 0.3 is 0 Å². The summed E-state index contributed by atoms with van der Waals surface area (Å²) in [5.41, 5.74) is 2.15. The van der Waals surface area contributed by atoms with Gasteiger partial charge in [-0.3, -0.25) is 9.89 Å². The number of aliphatic hydroxyl groups is 1. The second-order valence-corrected chi connectivity index (χ2v) is 6.09. The van der Waals surface area contributed by atoms with Gasteiger partial charge in [-0.05, 0) is 43.2 Å². The fourth-order valence-corrected chi connectivity index (χ4v) is 3.07. The monoisotopic (exact) mass is 329 g/mol. The molecule has 0 aliphatic heterocycles. The van der Waals surface area contributed by atoms with Crippen LogP contribution in [0.5, 0.6) is 5.75 Å². The molecule has 1 aliphatic carbocycles. The Balaban J connectivity index is 1.59. The predicted molar refractivity (Wildman–Crippen MR) is 91.4 cm³/mol. The van der Waals surface area contributed by atoms with Crippen LogP contribution in [0.15, 0.2) is 30.3 Å². The Hall–Kier alpha value is -2.34. The lowest BCUT2D eigenvalue weighted by molar-refractivity contribution is 0.102. The minimum Gasteiger partial charge on any atom is -0.491 e. The number of aromatic amines is 1. The van der Waals surface area contributed by atoms with Crippen molar-refractivity contribution < 1.29 is 14.6 Å². The van der Waals surface area contributed by atoms with Crippen LogP contribution in [0, 0.1) is 0 Å². The van der Waals surface area contributed by atoms with Crippen LogP contribution < -0.4 is 10.1 Å². The average Bonchev–Trinajstić information content (AvgIpc) is 3.12. The third-order valence-corrected chi connectivity index (χ3v) is 4.35. The summed E-state index contributed by atoms with van der Waals surface area (Å²) in [6.07, 6.45) is 6.12. The van der Waals surface area contributed by atoms with Crippen LogP contribution in [-0.2, 0) is 0 Å². The van der Waals surface area contributed by atoms with Crippen molar-refractivity contribution in [2.24, 2.45) is 0 Å². The summed E-state index contributed by atoms with van der Waals surface area (Å²) in [7, 11) is 0. The second-order valence-electron chi connectivity index (χ2n) is 6.09. The molecule has 128 valence electrons. The molecule has 0 radical (unpaired) electrons. The molecule has 0 saturated heterocycles. The standard InChI is InChI=1S/C18H23N3O3/c22-10-11-24-15-8-6-14(7-9-15)19-18(23)17-12-16(20-21-17)13-4-2-1-3-5-13/h6-9,12-13,22H,1-5,10-11H2,(H,19,23)(H,20,21). The number of H-pyrrole nitrogens is 1. The van der Waals surface area contributed by atoms with E-state index in [2.05, 4.69) is 15.5 Å². The van der Waals surface area contributed by atoms with Crippen molar-refractivity contribution in [3.05, 3.63) is 41.7 Å². The Bertz CT molecular complexity index is 660. The van der Waals surface area contributed by atoms with Gasteiger partial charge in [0, 0.05) is 17.3 Å². The highest BCUT2D eigenvalue weighted by atomic mass is 16.5. The number of nitrogens with one attached hydrogen (secondary N) is 2. The highest BCUT2D eigenvalue weighted by Gasteiger charge is 2.19. The van der Waals surface area contributed by atoms with Gasteiger partial charge in [-0.25, -0.2) is 0 Å². The Morgan fingerprint density at radius 2 is 2.00 bits per heavy atom. The zero-order valence-corrected chi connectivity index (χ0v) is 13.6. The fourth-order valence-electron chi connectivity index (χ4n) is 3.07. The van der Waals surface area contributed by atoms with Crippen LogP contribution in [0.3, 0.4) is 0 Å². The third kappa shape index (κ3) is 4.14. The molecule has 6 nitrogen and oxygen atoms in total. The van der Waals surface area contributed by atoms with Gasteiger partial charge in [0.1, 0.15) is 12.4 Å². The molecule has 6 heteroatoms. The molecular formula is C18H23N3O3. The van der Waals surface area contributed by atoms with Crippen LogP contribution in [0.1, 0.15) is 54.2 Å². The third-order valence-electron chi connectivity index (χ3n) is 4.35. The van der Waals surface area contributed by atoms with E-state index in [4.69, 9.17) is 9.84 Å². The molecule has 24 heavy (non-hydrogen) atoms. The molecule has 1 heterocycles. The van der Waals surface area contributed by atoms with E-state index in [1.54, 1.807) is 24.3 Å². The molecule has 0 unspecified atom stereocenters. The minimum absolute atomic E-state index is 0.0268. The number of benzene rings is 1. The molecule has 3 rings (SSSR count). The molecule has 1 amide bonds. The van der Waals surface area contributed by atoms with E-state index < -0.39 is 0 Å². The maximum atomic E-state index is 12.3. The number of rotatable bonds is 6. The lowest BCUT2D eigenvalue weighted by Crippen LogP contribution is -2.12. The molecule has 1 aromatic carbocycles. The van der Waals surface area contributed by atoms with Gasteiger partial charge in [-0.1, -0.05) is 19.3 Å². The Morgan fingerprint density at radius 3 is 2.71 bits per heavy atom. The first kappa shape index (κ1) is 16.5. The molecule has 1 aromatic heterocycles. The molecule has 3 N–H and O–H groups in total. The van der Waals surface area contributed by atoms with Crippen molar-refractivity contribution >= 4 is 11.6 Å². The topological polar surface area (TPSA) is 87.2 Å². The van der Waals surface area contributed by atoms with E-state index in [9.17, 15) is 4.79 Å². The first-order valence-electron chi connectivity index (χ1n) is 8.46. The van der Waals surface area contributed by atoms with Crippen molar-refractivity contribution in [2.75, 3.05) is 18.5 Å². The highest BCUT2D eigenvalue weighted by molar-refractivity contribution is 6.02. The zero-order valence-electron chi connectivity index (χ0n) is 13.6. The lowest BCUT2D eigenvalue weighted by atomic mass is 9.87. The highest BCUT2D eigenvalue weighted by Crippen LogP contribution is 2.31.